The zero-order valence-corrected chi connectivity index (χ0v) is 24.8. The molecule has 0 saturated carbocycles. The van der Waals surface area contributed by atoms with Crippen LogP contribution in [0.5, 0.6) is 5.75 Å². The fraction of sp³-hybridized carbons (Fsp3) is 0.0541. The van der Waals surface area contributed by atoms with Crippen LogP contribution in [0.4, 0.5) is 0 Å². The Balaban J connectivity index is 1.17. The van der Waals surface area contributed by atoms with Gasteiger partial charge in [-0.2, -0.15) is 10.2 Å². The molecule has 0 aliphatic heterocycles. The van der Waals surface area contributed by atoms with E-state index in [1.54, 1.807) is 17.0 Å². The summed E-state index contributed by atoms with van der Waals surface area (Å²) in [7, 11) is 0. The monoisotopic (exact) mass is 596 g/mol. The first-order valence-corrected chi connectivity index (χ1v) is 14.5. The Morgan fingerprint density at radius 2 is 1.52 bits per heavy atom. The molecule has 0 aliphatic carbocycles. The van der Waals surface area contributed by atoms with Gasteiger partial charge in [0.2, 0.25) is 0 Å². The molecule has 1 heterocycles. The molecule has 0 aliphatic rings. The van der Waals surface area contributed by atoms with E-state index in [1.807, 2.05) is 110 Å². The minimum absolute atomic E-state index is 0.258. The van der Waals surface area contributed by atoms with Crippen LogP contribution in [0.15, 0.2) is 139 Å². The zero-order chi connectivity index (χ0) is 30.3. The third kappa shape index (κ3) is 6.77. The number of amides is 1. The number of aromatic nitrogens is 2. The molecule has 0 bridgehead atoms. The molecule has 0 radical (unpaired) electrons. The fourth-order valence-electron chi connectivity index (χ4n) is 4.77. The highest BCUT2D eigenvalue weighted by Crippen LogP contribution is 2.28. The van der Waals surface area contributed by atoms with Crippen LogP contribution in [0.25, 0.3) is 28.1 Å². The first-order chi connectivity index (χ1) is 21.5. The van der Waals surface area contributed by atoms with Crippen molar-refractivity contribution in [2.45, 2.75) is 13.5 Å². The highest BCUT2D eigenvalue weighted by molar-refractivity contribution is 6.31. The molecule has 0 saturated heterocycles. The van der Waals surface area contributed by atoms with Crippen LogP contribution in [-0.2, 0) is 6.61 Å². The Hall–Kier alpha value is -5.46. The number of hydrogen-bond donors (Lipinski definition) is 1. The number of carbonyl (C=O) groups is 1. The standard InChI is InChI=1S/C37H29ClN4O2/c1-26-8-7-12-32(22-26)42-36(30-18-16-29(17-19-30)28-9-3-2-4-10-28)23-35(41-42)37(43)40-39-24-27-14-20-33(21-15-27)44-25-31-11-5-6-13-34(31)38/h2-24H,25H2,1H3,(H,40,43)/b39-24-. The van der Waals surface area contributed by atoms with Crippen molar-refractivity contribution in [1.29, 1.82) is 0 Å². The summed E-state index contributed by atoms with van der Waals surface area (Å²) in [6.07, 6.45) is 1.58. The van der Waals surface area contributed by atoms with E-state index < -0.39 is 5.91 Å². The molecular formula is C37H29ClN4O2. The first-order valence-electron chi connectivity index (χ1n) is 14.2. The summed E-state index contributed by atoms with van der Waals surface area (Å²) < 4.78 is 7.64. The summed E-state index contributed by atoms with van der Waals surface area (Å²) in [6.45, 7) is 2.40. The summed E-state index contributed by atoms with van der Waals surface area (Å²) in [6, 6.07) is 43.3. The van der Waals surface area contributed by atoms with Crippen LogP contribution >= 0.6 is 11.6 Å². The summed E-state index contributed by atoms with van der Waals surface area (Å²) in [5.41, 5.74) is 10.6. The van der Waals surface area contributed by atoms with Gasteiger partial charge in [0.05, 0.1) is 17.6 Å². The van der Waals surface area contributed by atoms with E-state index in [4.69, 9.17) is 16.3 Å². The molecule has 0 atom stereocenters. The second-order valence-corrected chi connectivity index (χ2v) is 10.7. The average molecular weight is 597 g/mol. The third-order valence-electron chi connectivity index (χ3n) is 7.09. The van der Waals surface area contributed by atoms with Crippen LogP contribution < -0.4 is 10.2 Å². The number of rotatable bonds is 9. The van der Waals surface area contributed by atoms with Gasteiger partial charge in [-0.25, -0.2) is 10.1 Å². The fourth-order valence-corrected chi connectivity index (χ4v) is 4.96. The van der Waals surface area contributed by atoms with Crippen molar-refractivity contribution in [3.8, 4) is 33.8 Å². The summed E-state index contributed by atoms with van der Waals surface area (Å²) in [5.74, 6) is 0.298. The van der Waals surface area contributed by atoms with Crippen molar-refractivity contribution in [1.82, 2.24) is 15.2 Å². The van der Waals surface area contributed by atoms with Gasteiger partial charge in [0.1, 0.15) is 12.4 Å². The maximum Gasteiger partial charge on any atom is 0.291 e. The number of benzene rings is 5. The number of carbonyl (C=O) groups excluding carboxylic acids is 1. The molecule has 6 nitrogen and oxygen atoms in total. The van der Waals surface area contributed by atoms with Gasteiger partial charge in [0, 0.05) is 16.1 Å². The van der Waals surface area contributed by atoms with Crippen LogP contribution in [0.3, 0.4) is 0 Å². The second kappa shape index (κ2) is 13.2. The Morgan fingerprint density at radius 1 is 0.818 bits per heavy atom. The Labute approximate surface area is 261 Å². The zero-order valence-electron chi connectivity index (χ0n) is 24.0. The van der Waals surface area contributed by atoms with Crippen LogP contribution in [0.1, 0.15) is 27.2 Å². The molecule has 0 unspecified atom stereocenters. The molecule has 6 aromatic rings. The number of hydrogen-bond acceptors (Lipinski definition) is 4. The van der Waals surface area contributed by atoms with Gasteiger partial charge >= 0.3 is 0 Å². The maximum atomic E-state index is 13.1. The molecular weight excluding hydrogens is 568 g/mol. The quantitative estimate of drug-likeness (QED) is 0.134. The van der Waals surface area contributed by atoms with Gasteiger partial charge in [-0.1, -0.05) is 96.5 Å². The van der Waals surface area contributed by atoms with Crippen LogP contribution in [0, 0.1) is 6.92 Å². The largest absolute Gasteiger partial charge is 0.489 e. The highest BCUT2D eigenvalue weighted by Gasteiger charge is 2.17. The van der Waals surface area contributed by atoms with Crippen molar-refractivity contribution in [3.05, 3.63) is 161 Å². The maximum absolute atomic E-state index is 13.1. The highest BCUT2D eigenvalue weighted by atomic mass is 35.5. The average Bonchev–Trinajstić information content (AvgIpc) is 3.51. The van der Waals surface area contributed by atoms with Gasteiger partial charge < -0.3 is 4.74 Å². The van der Waals surface area contributed by atoms with Gasteiger partial charge in [-0.05, 0) is 77.7 Å². The number of ether oxygens (including phenoxy) is 1. The van der Waals surface area contributed by atoms with E-state index in [9.17, 15) is 4.79 Å². The van der Waals surface area contributed by atoms with E-state index in [2.05, 4.69) is 39.9 Å². The predicted octanol–water partition coefficient (Wildman–Crippen LogP) is 8.51. The molecule has 7 heteroatoms. The van der Waals surface area contributed by atoms with E-state index in [0.29, 0.717) is 17.4 Å². The minimum Gasteiger partial charge on any atom is -0.489 e. The molecule has 0 spiro atoms. The SMILES string of the molecule is Cc1cccc(-n2nc(C(=O)N/N=C\c3ccc(OCc4ccccc4Cl)cc3)cc2-c2ccc(-c3ccccc3)cc2)c1. The van der Waals surface area contributed by atoms with Gasteiger partial charge in [0.15, 0.2) is 5.69 Å². The van der Waals surface area contributed by atoms with E-state index >= 15 is 0 Å². The second-order valence-electron chi connectivity index (χ2n) is 10.3. The lowest BCUT2D eigenvalue weighted by molar-refractivity contribution is 0.0949. The third-order valence-corrected chi connectivity index (χ3v) is 7.46. The molecule has 1 N–H and O–H groups in total. The van der Waals surface area contributed by atoms with Crippen molar-refractivity contribution in [2.24, 2.45) is 5.10 Å². The molecule has 44 heavy (non-hydrogen) atoms. The normalized spacial score (nSPS) is 11.0. The number of hydrazone groups is 1. The Morgan fingerprint density at radius 3 is 2.27 bits per heavy atom. The molecule has 216 valence electrons. The van der Waals surface area contributed by atoms with Crippen LogP contribution in [-0.4, -0.2) is 21.9 Å². The minimum atomic E-state index is -0.408. The summed E-state index contributed by atoms with van der Waals surface area (Å²) >= 11 is 6.21. The predicted molar refractivity (Wildman–Crippen MR) is 176 cm³/mol. The first kappa shape index (κ1) is 28.6. The van der Waals surface area contributed by atoms with Crippen molar-refractivity contribution in [2.75, 3.05) is 0 Å². The lowest BCUT2D eigenvalue weighted by atomic mass is 10.0. The van der Waals surface area contributed by atoms with Gasteiger partial charge in [-0.15, -0.1) is 0 Å². The lowest BCUT2D eigenvalue weighted by Gasteiger charge is -2.09. The molecule has 0 fully saturated rings. The molecule has 1 aromatic heterocycles. The molecule has 5 aromatic carbocycles. The Bertz CT molecular complexity index is 1910. The van der Waals surface area contributed by atoms with E-state index in [0.717, 1.165) is 44.8 Å². The van der Waals surface area contributed by atoms with Gasteiger partial charge in [-0.3, -0.25) is 4.79 Å². The van der Waals surface area contributed by atoms with E-state index in [1.165, 1.54) is 0 Å². The molecule has 6 rings (SSSR count). The lowest BCUT2D eigenvalue weighted by Crippen LogP contribution is -2.18. The Kier molecular flexibility index (Phi) is 8.62. The van der Waals surface area contributed by atoms with Crippen molar-refractivity contribution < 1.29 is 9.53 Å². The molecule has 1 amide bonds. The topological polar surface area (TPSA) is 68.5 Å². The number of nitrogens with one attached hydrogen (secondary N) is 1. The van der Waals surface area contributed by atoms with Crippen molar-refractivity contribution >= 4 is 23.7 Å². The summed E-state index contributed by atoms with van der Waals surface area (Å²) in [5, 5.41) is 9.51. The summed E-state index contributed by atoms with van der Waals surface area (Å²) in [4.78, 5) is 13.1. The van der Waals surface area contributed by atoms with Crippen molar-refractivity contribution in [3.63, 3.8) is 0 Å². The number of nitrogens with zero attached hydrogens (tertiary/aromatic N) is 3. The van der Waals surface area contributed by atoms with E-state index in [-0.39, 0.29) is 5.69 Å². The number of halogens is 1. The van der Waals surface area contributed by atoms with Crippen LogP contribution in [0.2, 0.25) is 5.02 Å². The van der Waals surface area contributed by atoms with Gasteiger partial charge in [0.25, 0.3) is 5.91 Å². The number of aryl methyl sites for hydroxylation is 1. The smallest absolute Gasteiger partial charge is 0.291 e.